The smallest absolute Gasteiger partial charge is 0.276 e. The number of carbonyl (C=O) groups excluding carboxylic acids is 1. The van der Waals surface area contributed by atoms with Gasteiger partial charge in [0.2, 0.25) is 0 Å². The molecule has 2 heterocycles. The van der Waals surface area contributed by atoms with E-state index in [-0.39, 0.29) is 17.2 Å². The van der Waals surface area contributed by atoms with Crippen molar-refractivity contribution in [1.82, 2.24) is 9.78 Å². The van der Waals surface area contributed by atoms with E-state index in [1.807, 2.05) is 42.5 Å². The summed E-state index contributed by atoms with van der Waals surface area (Å²) in [6, 6.07) is 19.5. The second-order valence-corrected chi connectivity index (χ2v) is 6.41. The molecule has 1 aliphatic heterocycles. The van der Waals surface area contributed by atoms with Crippen LogP contribution in [0.3, 0.4) is 0 Å². The Hall–Kier alpha value is -3.45. The largest absolute Gasteiger partial charge is 0.378 e. The maximum Gasteiger partial charge on any atom is 0.276 e. The quantitative estimate of drug-likeness (QED) is 0.756. The van der Waals surface area contributed by atoms with Crippen LogP contribution in [0.1, 0.15) is 10.5 Å². The van der Waals surface area contributed by atoms with Crippen LogP contribution < -0.4 is 15.8 Å². The maximum atomic E-state index is 12.7. The number of anilines is 2. The van der Waals surface area contributed by atoms with Crippen molar-refractivity contribution >= 4 is 17.3 Å². The van der Waals surface area contributed by atoms with Gasteiger partial charge in [0.05, 0.1) is 18.9 Å². The number of benzene rings is 2. The average molecular weight is 376 g/mol. The Kier molecular flexibility index (Phi) is 5.16. The van der Waals surface area contributed by atoms with Gasteiger partial charge in [-0.05, 0) is 36.4 Å². The number of morpholine rings is 1. The highest BCUT2D eigenvalue weighted by Gasteiger charge is 2.14. The molecule has 0 saturated carbocycles. The highest BCUT2D eigenvalue weighted by molar-refractivity contribution is 6.03. The number of aromatic nitrogens is 2. The molecule has 0 aliphatic carbocycles. The first-order valence-electron chi connectivity index (χ1n) is 9.11. The summed E-state index contributed by atoms with van der Waals surface area (Å²) < 4.78 is 6.60. The number of ether oxygens (including phenoxy) is 1. The van der Waals surface area contributed by atoms with Crippen LogP contribution >= 0.6 is 0 Å². The minimum Gasteiger partial charge on any atom is -0.378 e. The van der Waals surface area contributed by atoms with Crippen LogP contribution in [0, 0.1) is 0 Å². The van der Waals surface area contributed by atoms with Gasteiger partial charge in [-0.1, -0.05) is 24.3 Å². The van der Waals surface area contributed by atoms with Gasteiger partial charge in [-0.15, -0.1) is 0 Å². The number of hydrogen-bond donors (Lipinski definition) is 1. The third-order valence-corrected chi connectivity index (χ3v) is 4.51. The summed E-state index contributed by atoms with van der Waals surface area (Å²) in [5.41, 5.74) is 2.19. The van der Waals surface area contributed by atoms with E-state index in [4.69, 9.17) is 4.74 Å². The summed E-state index contributed by atoms with van der Waals surface area (Å²) in [6.07, 6.45) is 0. The Balaban J connectivity index is 1.55. The van der Waals surface area contributed by atoms with Gasteiger partial charge in [-0.3, -0.25) is 9.59 Å². The van der Waals surface area contributed by atoms with E-state index in [2.05, 4.69) is 15.3 Å². The highest BCUT2D eigenvalue weighted by Crippen LogP contribution is 2.20. The number of hydrogen-bond acceptors (Lipinski definition) is 5. The third-order valence-electron chi connectivity index (χ3n) is 4.51. The van der Waals surface area contributed by atoms with Crippen molar-refractivity contribution in [1.29, 1.82) is 0 Å². The van der Waals surface area contributed by atoms with Crippen LogP contribution in [0.2, 0.25) is 0 Å². The van der Waals surface area contributed by atoms with Crippen LogP contribution in [0.5, 0.6) is 0 Å². The third kappa shape index (κ3) is 3.94. The zero-order valence-electron chi connectivity index (χ0n) is 15.2. The normalized spacial score (nSPS) is 13.9. The molecule has 0 bridgehead atoms. The van der Waals surface area contributed by atoms with Gasteiger partial charge in [0, 0.05) is 30.5 Å². The van der Waals surface area contributed by atoms with Gasteiger partial charge in [-0.2, -0.15) is 9.78 Å². The summed E-state index contributed by atoms with van der Waals surface area (Å²) in [7, 11) is 0. The van der Waals surface area contributed by atoms with Gasteiger partial charge in [0.25, 0.3) is 11.5 Å². The van der Waals surface area contributed by atoms with Crippen molar-refractivity contribution in [2.75, 3.05) is 36.5 Å². The van der Waals surface area contributed by atoms with E-state index >= 15 is 0 Å². The zero-order valence-corrected chi connectivity index (χ0v) is 15.2. The lowest BCUT2D eigenvalue weighted by Gasteiger charge is -2.29. The first-order valence-corrected chi connectivity index (χ1v) is 9.11. The zero-order chi connectivity index (χ0) is 19.3. The Morgan fingerprint density at radius 3 is 2.46 bits per heavy atom. The first-order chi connectivity index (χ1) is 13.7. The van der Waals surface area contributed by atoms with E-state index in [0.29, 0.717) is 24.6 Å². The lowest BCUT2D eigenvalue weighted by Crippen LogP contribution is -2.36. The standard InChI is InChI=1S/C21H20N4O3/c26-20-10-9-19(23-25(20)17-6-2-1-3-7-17)21(27)22-16-5-4-8-18(15-16)24-11-13-28-14-12-24/h1-10,15H,11-14H2,(H,22,27). The van der Waals surface area contributed by atoms with Crippen LogP contribution in [-0.4, -0.2) is 42.0 Å². The van der Waals surface area contributed by atoms with Gasteiger partial charge in [-0.25, -0.2) is 0 Å². The van der Waals surface area contributed by atoms with Gasteiger partial charge in [0.15, 0.2) is 0 Å². The predicted molar refractivity (Wildman–Crippen MR) is 107 cm³/mol. The molecule has 1 fully saturated rings. The molecule has 142 valence electrons. The second kappa shape index (κ2) is 8.06. The molecular formula is C21H20N4O3. The van der Waals surface area contributed by atoms with Crippen LogP contribution in [-0.2, 0) is 4.74 Å². The maximum absolute atomic E-state index is 12.7. The van der Waals surface area contributed by atoms with Crippen molar-refractivity contribution in [2.24, 2.45) is 0 Å². The molecule has 7 heteroatoms. The number of nitrogens with zero attached hydrogens (tertiary/aromatic N) is 3. The molecule has 28 heavy (non-hydrogen) atoms. The molecule has 0 atom stereocenters. The van der Waals surface area contributed by atoms with E-state index < -0.39 is 0 Å². The highest BCUT2D eigenvalue weighted by atomic mass is 16.5. The lowest BCUT2D eigenvalue weighted by atomic mass is 10.2. The Morgan fingerprint density at radius 1 is 0.929 bits per heavy atom. The summed E-state index contributed by atoms with van der Waals surface area (Å²) >= 11 is 0. The molecule has 1 aromatic heterocycles. The fourth-order valence-corrected chi connectivity index (χ4v) is 3.08. The van der Waals surface area contributed by atoms with Crippen LogP contribution in [0.25, 0.3) is 5.69 Å². The summed E-state index contributed by atoms with van der Waals surface area (Å²) in [5.74, 6) is -0.371. The second-order valence-electron chi connectivity index (χ2n) is 6.41. The molecule has 7 nitrogen and oxygen atoms in total. The number of rotatable bonds is 4. The number of amides is 1. The fraction of sp³-hybridized carbons (Fsp3) is 0.190. The molecular weight excluding hydrogens is 356 g/mol. The summed E-state index contributed by atoms with van der Waals surface area (Å²) in [4.78, 5) is 27.0. The van der Waals surface area contributed by atoms with Crippen molar-refractivity contribution in [3.05, 3.63) is 82.8 Å². The molecule has 1 N–H and O–H groups in total. The monoisotopic (exact) mass is 376 g/mol. The van der Waals surface area contributed by atoms with Crippen molar-refractivity contribution in [2.45, 2.75) is 0 Å². The molecule has 1 aliphatic rings. The van der Waals surface area contributed by atoms with Gasteiger partial charge in [0.1, 0.15) is 5.69 Å². The number of nitrogens with one attached hydrogen (secondary N) is 1. The molecule has 0 spiro atoms. The van der Waals surface area contributed by atoms with E-state index in [0.717, 1.165) is 18.8 Å². The molecule has 1 amide bonds. The number of carbonyl (C=O) groups is 1. The fourth-order valence-electron chi connectivity index (χ4n) is 3.08. The molecule has 4 rings (SSSR count). The van der Waals surface area contributed by atoms with Crippen molar-refractivity contribution in [3.8, 4) is 5.69 Å². The first kappa shape index (κ1) is 17.9. The van der Waals surface area contributed by atoms with Crippen LogP contribution in [0.4, 0.5) is 11.4 Å². The van der Waals surface area contributed by atoms with E-state index in [1.54, 1.807) is 12.1 Å². The SMILES string of the molecule is O=C(Nc1cccc(N2CCOCC2)c1)c1ccc(=O)n(-c2ccccc2)n1. The molecule has 2 aromatic carbocycles. The van der Waals surface area contributed by atoms with Gasteiger partial charge < -0.3 is 15.0 Å². The van der Waals surface area contributed by atoms with Crippen LogP contribution in [0.15, 0.2) is 71.5 Å². The Morgan fingerprint density at radius 2 is 1.68 bits per heavy atom. The van der Waals surface area contributed by atoms with E-state index in [9.17, 15) is 9.59 Å². The molecule has 1 saturated heterocycles. The predicted octanol–water partition coefficient (Wildman–Crippen LogP) is 2.32. The van der Waals surface area contributed by atoms with E-state index in [1.165, 1.54) is 16.8 Å². The van der Waals surface area contributed by atoms with Gasteiger partial charge >= 0.3 is 0 Å². The lowest BCUT2D eigenvalue weighted by molar-refractivity contribution is 0.102. The summed E-state index contributed by atoms with van der Waals surface area (Å²) in [5, 5.41) is 7.08. The Labute approximate surface area is 162 Å². The molecule has 3 aromatic rings. The Bertz CT molecular complexity index is 1030. The number of para-hydroxylation sites is 1. The van der Waals surface area contributed by atoms with Crippen molar-refractivity contribution < 1.29 is 9.53 Å². The minimum absolute atomic E-state index is 0.167. The molecule has 0 radical (unpaired) electrons. The minimum atomic E-state index is -0.371. The average Bonchev–Trinajstić information content (AvgIpc) is 2.75. The topological polar surface area (TPSA) is 76.5 Å². The summed E-state index contributed by atoms with van der Waals surface area (Å²) in [6.45, 7) is 3.03. The molecule has 0 unspecified atom stereocenters. The van der Waals surface area contributed by atoms with Crippen molar-refractivity contribution in [3.63, 3.8) is 0 Å².